The van der Waals surface area contributed by atoms with Gasteiger partial charge in [0.25, 0.3) is 5.91 Å². The van der Waals surface area contributed by atoms with Crippen molar-refractivity contribution in [1.29, 1.82) is 0 Å². The van der Waals surface area contributed by atoms with Gasteiger partial charge >= 0.3 is 5.97 Å². The second kappa shape index (κ2) is 6.38. The Hall–Kier alpha value is -1.40. The molecule has 0 aromatic carbocycles. The maximum absolute atomic E-state index is 12.4. The lowest BCUT2D eigenvalue weighted by molar-refractivity contribution is -0.145. The van der Waals surface area contributed by atoms with Crippen LogP contribution in [-0.2, 0) is 9.53 Å². The molecule has 22 heavy (non-hydrogen) atoms. The van der Waals surface area contributed by atoms with Crippen LogP contribution in [0.15, 0.2) is 12.1 Å². The van der Waals surface area contributed by atoms with Crippen LogP contribution < -0.4 is 0 Å². The van der Waals surface area contributed by atoms with Crippen LogP contribution in [0, 0.1) is 18.8 Å². The van der Waals surface area contributed by atoms with E-state index in [9.17, 15) is 14.7 Å². The quantitative estimate of drug-likeness (QED) is 0.927. The van der Waals surface area contributed by atoms with Gasteiger partial charge in [-0.2, -0.15) is 0 Å². The Morgan fingerprint density at radius 1 is 1.27 bits per heavy atom. The van der Waals surface area contributed by atoms with Crippen molar-refractivity contribution in [3.05, 3.63) is 21.9 Å². The fourth-order valence-corrected chi connectivity index (χ4v) is 4.31. The molecule has 5 nitrogen and oxygen atoms in total. The Kier molecular flexibility index (Phi) is 4.49. The van der Waals surface area contributed by atoms with E-state index in [-0.39, 0.29) is 23.8 Å². The number of carbonyl (C=O) groups excluding carboxylic acids is 1. The zero-order valence-corrected chi connectivity index (χ0v) is 13.5. The molecule has 2 fully saturated rings. The van der Waals surface area contributed by atoms with Crippen LogP contribution in [0.3, 0.4) is 0 Å². The molecule has 1 unspecified atom stereocenters. The number of hydrogen-bond donors (Lipinski definition) is 1. The van der Waals surface area contributed by atoms with Gasteiger partial charge in [0.2, 0.25) is 0 Å². The minimum atomic E-state index is -0.755. The second-order valence-electron chi connectivity index (χ2n) is 6.11. The minimum absolute atomic E-state index is 0.0960. The van der Waals surface area contributed by atoms with E-state index in [0.717, 1.165) is 22.6 Å². The van der Waals surface area contributed by atoms with Crippen LogP contribution in [0.1, 0.15) is 33.8 Å². The van der Waals surface area contributed by atoms with E-state index in [4.69, 9.17) is 4.74 Å². The maximum atomic E-state index is 12.4. The molecule has 3 rings (SSSR count). The van der Waals surface area contributed by atoms with Crippen LogP contribution >= 0.6 is 11.3 Å². The number of likely N-dealkylation sites (tertiary alicyclic amines) is 1. The number of carboxylic acids is 1. The maximum Gasteiger partial charge on any atom is 0.309 e. The Morgan fingerprint density at radius 2 is 2.00 bits per heavy atom. The van der Waals surface area contributed by atoms with Gasteiger partial charge in [0.05, 0.1) is 16.9 Å². The molecule has 2 atom stereocenters. The van der Waals surface area contributed by atoms with Crippen molar-refractivity contribution < 1.29 is 19.4 Å². The van der Waals surface area contributed by atoms with Crippen molar-refractivity contribution in [2.45, 2.75) is 32.3 Å². The van der Waals surface area contributed by atoms with Crippen LogP contribution in [0.4, 0.5) is 0 Å². The zero-order valence-electron chi connectivity index (χ0n) is 12.7. The van der Waals surface area contributed by atoms with Crippen LogP contribution in [0.25, 0.3) is 0 Å². The molecule has 120 valence electrons. The third-order valence-electron chi connectivity index (χ3n) is 4.70. The minimum Gasteiger partial charge on any atom is -0.481 e. The molecule has 1 aromatic heterocycles. The fourth-order valence-electron chi connectivity index (χ4n) is 3.48. The molecule has 0 radical (unpaired) electrons. The summed E-state index contributed by atoms with van der Waals surface area (Å²) in [7, 11) is 0. The first-order valence-electron chi connectivity index (χ1n) is 7.76. The summed E-state index contributed by atoms with van der Waals surface area (Å²) in [6, 6.07) is 3.85. The second-order valence-corrected chi connectivity index (χ2v) is 7.40. The summed E-state index contributed by atoms with van der Waals surface area (Å²) in [6.07, 6.45) is 2.07. The number of ether oxygens (including phenoxy) is 1. The first-order valence-corrected chi connectivity index (χ1v) is 8.58. The van der Waals surface area contributed by atoms with Crippen molar-refractivity contribution in [3.8, 4) is 0 Å². The average molecular weight is 323 g/mol. The highest BCUT2D eigenvalue weighted by atomic mass is 32.1. The van der Waals surface area contributed by atoms with Gasteiger partial charge in [-0.1, -0.05) is 0 Å². The summed E-state index contributed by atoms with van der Waals surface area (Å²) >= 11 is 1.53. The van der Waals surface area contributed by atoms with Gasteiger partial charge < -0.3 is 14.7 Å². The summed E-state index contributed by atoms with van der Waals surface area (Å²) in [5, 5.41) is 9.26. The Balaban J connectivity index is 1.58. The number of piperidine rings is 1. The van der Waals surface area contributed by atoms with E-state index >= 15 is 0 Å². The van der Waals surface area contributed by atoms with Crippen LogP contribution in [-0.4, -0.2) is 47.7 Å². The van der Waals surface area contributed by atoms with Crippen molar-refractivity contribution in [2.24, 2.45) is 11.8 Å². The molecule has 0 saturated carbocycles. The molecular formula is C16H21NO4S. The predicted octanol–water partition coefficient (Wildman–Crippen LogP) is 2.40. The summed E-state index contributed by atoms with van der Waals surface area (Å²) in [5.41, 5.74) is 0. The molecule has 0 spiro atoms. The lowest BCUT2D eigenvalue weighted by Crippen LogP contribution is -2.43. The summed E-state index contributed by atoms with van der Waals surface area (Å²) in [5.74, 6) is -0.793. The van der Waals surface area contributed by atoms with Gasteiger partial charge in [0.1, 0.15) is 0 Å². The molecule has 6 heteroatoms. The molecule has 2 saturated heterocycles. The molecule has 0 bridgehead atoms. The SMILES string of the molecule is Cc1ccc(C(=O)N2CCC([C@@H]3OCCC3C(=O)O)CC2)s1. The van der Waals surface area contributed by atoms with Crippen molar-refractivity contribution in [3.63, 3.8) is 0 Å². The monoisotopic (exact) mass is 323 g/mol. The van der Waals surface area contributed by atoms with Crippen molar-refractivity contribution >= 4 is 23.2 Å². The lowest BCUT2D eigenvalue weighted by atomic mass is 9.84. The van der Waals surface area contributed by atoms with Crippen LogP contribution in [0.2, 0.25) is 0 Å². The highest BCUT2D eigenvalue weighted by Gasteiger charge is 2.40. The molecule has 3 heterocycles. The summed E-state index contributed by atoms with van der Waals surface area (Å²) in [4.78, 5) is 27.5. The van der Waals surface area contributed by atoms with Gasteiger partial charge in [-0.05, 0) is 44.2 Å². The molecule has 1 aromatic rings. The highest BCUT2D eigenvalue weighted by Crippen LogP contribution is 2.33. The molecule has 1 N–H and O–H groups in total. The topological polar surface area (TPSA) is 66.8 Å². The van der Waals surface area contributed by atoms with Crippen LogP contribution in [0.5, 0.6) is 0 Å². The summed E-state index contributed by atoms with van der Waals surface area (Å²) in [6.45, 7) is 3.91. The smallest absolute Gasteiger partial charge is 0.309 e. The van der Waals surface area contributed by atoms with Crippen molar-refractivity contribution in [1.82, 2.24) is 4.90 Å². The normalized spacial score (nSPS) is 26.3. The van der Waals surface area contributed by atoms with Gasteiger partial charge in [-0.15, -0.1) is 11.3 Å². The molecule has 0 aliphatic carbocycles. The number of nitrogens with zero attached hydrogens (tertiary/aromatic N) is 1. The summed E-state index contributed by atoms with van der Waals surface area (Å²) < 4.78 is 5.67. The predicted molar refractivity (Wildman–Crippen MR) is 83.2 cm³/mol. The van der Waals surface area contributed by atoms with Gasteiger partial charge in [0, 0.05) is 24.6 Å². The highest BCUT2D eigenvalue weighted by molar-refractivity contribution is 7.13. The largest absolute Gasteiger partial charge is 0.481 e. The number of rotatable bonds is 3. The Morgan fingerprint density at radius 3 is 2.59 bits per heavy atom. The first-order chi connectivity index (χ1) is 10.6. The van der Waals surface area contributed by atoms with E-state index in [0.29, 0.717) is 26.1 Å². The van der Waals surface area contributed by atoms with E-state index in [1.165, 1.54) is 11.3 Å². The van der Waals surface area contributed by atoms with E-state index < -0.39 is 5.97 Å². The van der Waals surface area contributed by atoms with Gasteiger partial charge in [-0.25, -0.2) is 0 Å². The number of amides is 1. The number of aliphatic carboxylic acids is 1. The van der Waals surface area contributed by atoms with Gasteiger partial charge in [0.15, 0.2) is 0 Å². The number of thiophene rings is 1. The van der Waals surface area contributed by atoms with Crippen molar-refractivity contribution in [2.75, 3.05) is 19.7 Å². The average Bonchev–Trinajstić information content (AvgIpc) is 3.15. The molecular weight excluding hydrogens is 302 g/mol. The molecule has 2 aliphatic heterocycles. The van der Waals surface area contributed by atoms with E-state index in [1.54, 1.807) is 0 Å². The fraction of sp³-hybridized carbons (Fsp3) is 0.625. The Labute approximate surface area is 133 Å². The zero-order chi connectivity index (χ0) is 15.7. The Bertz CT molecular complexity index is 562. The first kappa shape index (κ1) is 15.5. The van der Waals surface area contributed by atoms with E-state index in [2.05, 4.69) is 0 Å². The standard InChI is InChI=1S/C16H21NO4S/c1-10-2-3-13(22-10)15(18)17-7-4-11(5-8-17)14-12(16(19)20)6-9-21-14/h2-3,11-12,14H,4-9H2,1H3,(H,19,20)/t12?,14-/m0/s1. The lowest BCUT2D eigenvalue weighted by Gasteiger charge is -2.35. The third kappa shape index (κ3) is 3.03. The molecule has 2 aliphatic rings. The molecule has 1 amide bonds. The number of aryl methyl sites for hydroxylation is 1. The van der Waals surface area contributed by atoms with E-state index in [1.807, 2.05) is 24.0 Å². The third-order valence-corrected chi connectivity index (χ3v) is 5.68. The number of carboxylic acid groups (broad SMARTS) is 1. The number of carbonyl (C=O) groups is 2. The number of hydrogen-bond acceptors (Lipinski definition) is 4. The van der Waals surface area contributed by atoms with Gasteiger partial charge in [-0.3, -0.25) is 9.59 Å².